The summed E-state index contributed by atoms with van der Waals surface area (Å²) in [5, 5.41) is 0. The average Bonchev–Trinajstić information content (AvgIpc) is 2.29. The average molecular weight is 220 g/mol. The zero-order valence-electron chi connectivity index (χ0n) is 9.10. The zero-order valence-corrected chi connectivity index (χ0v) is 9.10. The van der Waals surface area contributed by atoms with Gasteiger partial charge >= 0.3 is 5.97 Å². The second-order valence-corrected chi connectivity index (χ2v) is 3.03. The molecule has 0 spiro atoms. The Morgan fingerprint density at radius 1 is 1.19 bits per heavy atom. The molecule has 16 heavy (non-hydrogen) atoms. The number of esters is 1. The first-order valence-electron chi connectivity index (χ1n) is 4.66. The molecule has 0 N–H and O–H groups in total. The normalized spacial score (nSPS) is 10.8. The fourth-order valence-electron chi connectivity index (χ4n) is 1.02. The molecule has 1 aromatic carbocycles. The van der Waals surface area contributed by atoms with Gasteiger partial charge in [0.15, 0.2) is 5.78 Å². The molecule has 4 nitrogen and oxygen atoms in total. The number of methoxy groups -OCH3 is 1. The number of rotatable bonds is 4. The maximum Gasteiger partial charge on any atom is 0.343 e. The zero-order chi connectivity index (χ0) is 12.0. The molecule has 0 aliphatic heterocycles. The Hall–Kier alpha value is -2.10. The maximum atomic E-state index is 11.6. The maximum absolute atomic E-state index is 11.6. The molecule has 0 aliphatic rings. The molecule has 1 aromatic rings. The Balaban J connectivity index is 2.78. The van der Waals surface area contributed by atoms with Crippen molar-refractivity contribution in [3.63, 3.8) is 0 Å². The number of carbonyl (C=O) groups is 2. The van der Waals surface area contributed by atoms with E-state index in [0.717, 1.165) is 6.26 Å². The number of Topliss-reactive ketones (excluding diaryl/α,β-unsaturated/α-hetero) is 1. The molecule has 0 fully saturated rings. The highest BCUT2D eigenvalue weighted by atomic mass is 16.6. The van der Waals surface area contributed by atoms with Crippen molar-refractivity contribution in [2.75, 3.05) is 7.11 Å². The molecule has 0 aliphatic carbocycles. The number of allylic oxidation sites excluding steroid dienone is 1. The first-order valence-corrected chi connectivity index (χ1v) is 4.66. The molecule has 0 heterocycles. The van der Waals surface area contributed by atoms with Gasteiger partial charge in [0.1, 0.15) is 6.26 Å². The van der Waals surface area contributed by atoms with E-state index in [0.29, 0.717) is 5.56 Å². The number of hydrogen-bond donors (Lipinski definition) is 0. The molecule has 1 rings (SSSR count). The smallest absolute Gasteiger partial charge is 0.343 e. The van der Waals surface area contributed by atoms with Crippen LogP contribution >= 0.6 is 0 Å². The van der Waals surface area contributed by atoms with Gasteiger partial charge in [0, 0.05) is 6.92 Å². The fourth-order valence-corrected chi connectivity index (χ4v) is 1.02. The first-order chi connectivity index (χ1) is 7.65. The van der Waals surface area contributed by atoms with Gasteiger partial charge < -0.3 is 9.47 Å². The van der Waals surface area contributed by atoms with Crippen molar-refractivity contribution in [3.8, 4) is 0 Å². The number of ketones is 1. The minimum Gasteiger partial charge on any atom is -0.500 e. The van der Waals surface area contributed by atoms with Crippen molar-refractivity contribution >= 4 is 11.8 Å². The molecule has 4 heteroatoms. The molecule has 0 unspecified atom stereocenters. The Kier molecular flexibility index (Phi) is 4.27. The van der Waals surface area contributed by atoms with E-state index in [2.05, 4.69) is 4.74 Å². The number of hydrogen-bond acceptors (Lipinski definition) is 4. The lowest BCUT2D eigenvalue weighted by atomic mass is 10.2. The largest absolute Gasteiger partial charge is 0.500 e. The van der Waals surface area contributed by atoms with Gasteiger partial charge in [0.2, 0.25) is 5.76 Å². The summed E-state index contributed by atoms with van der Waals surface area (Å²) < 4.78 is 9.53. The van der Waals surface area contributed by atoms with Crippen molar-refractivity contribution in [1.82, 2.24) is 0 Å². The summed E-state index contributed by atoms with van der Waals surface area (Å²) in [4.78, 5) is 22.6. The lowest BCUT2D eigenvalue weighted by molar-refractivity contribution is -0.116. The van der Waals surface area contributed by atoms with Gasteiger partial charge in [-0.3, -0.25) is 4.79 Å². The van der Waals surface area contributed by atoms with E-state index in [1.807, 2.05) is 0 Å². The third-order valence-electron chi connectivity index (χ3n) is 1.78. The second kappa shape index (κ2) is 5.70. The van der Waals surface area contributed by atoms with Crippen LogP contribution in [0.4, 0.5) is 0 Å². The molecule has 0 saturated heterocycles. The summed E-state index contributed by atoms with van der Waals surface area (Å²) in [6.07, 6.45) is 1.10. The molecule has 0 atom stereocenters. The SMILES string of the molecule is CO/C=C(/OC(=O)c1ccccc1)C(C)=O. The van der Waals surface area contributed by atoms with Gasteiger partial charge in [-0.2, -0.15) is 0 Å². The summed E-state index contributed by atoms with van der Waals surface area (Å²) in [7, 11) is 1.37. The van der Waals surface area contributed by atoms with Gasteiger partial charge in [0.05, 0.1) is 12.7 Å². The minimum atomic E-state index is -0.584. The van der Waals surface area contributed by atoms with Gasteiger partial charge in [-0.1, -0.05) is 18.2 Å². The fraction of sp³-hybridized carbons (Fsp3) is 0.167. The van der Waals surface area contributed by atoms with E-state index >= 15 is 0 Å². The molecule has 84 valence electrons. The predicted molar refractivity (Wildman–Crippen MR) is 57.6 cm³/mol. The molecular weight excluding hydrogens is 208 g/mol. The van der Waals surface area contributed by atoms with E-state index in [9.17, 15) is 9.59 Å². The van der Waals surface area contributed by atoms with E-state index in [-0.39, 0.29) is 11.5 Å². The van der Waals surface area contributed by atoms with Crippen LogP contribution in [0.5, 0.6) is 0 Å². The number of ether oxygens (including phenoxy) is 2. The number of carbonyl (C=O) groups excluding carboxylic acids is 2. The number of benzene rings is 1. The van der Waals surface area contributed by atoms with Gasteiger partial charge in [0.25, 0.3) is 0 Å². The van der Waals surface area contributed by atoms with Crippen LogP contribution < -0.4 is 0 Å². The highest BCUT2D eigenvalue weighted by Crippen LogP contribution is 2.07. The summed E-state index contributed by atoms with van der Waals surface area (Å²) in [5.74, 6) is -1.07. The predicted octanol–water partition coefficient (Wildman–Crippen LogP) is 1.92. The Labute approximate surface area is 93.5 Å². The van der Waals surface area contributed by atoms with Crippen LogP contribution in [0.2, 0.25) is 0 Å². The van der Waals surface area contributed by atoms with Crippen LogP contribution in [-0.4, -0.2) is 18.9 Å². The van der Waals surface area contributed by atoms with E-state index in [4.69, 9.17) is 4.74 Å². The molecular formula is C12H12O4. The van der Waals surface area contributed by atoms with Gasteiger partial charge in [-0.25, -0.2) is 4.79 Å². The van der Waals surface area contributed by atoms with Gasteiger partial charge in [-0.15, -0.1) is 0 Å². The lowest BCUT2D eigenvalue weighted by Gasteiger charge is -2.04. The summed E-state index contributed by atoms with van der Waals surface area (Å²) >= 11 is 0. The molecule has 0 saturated carbocycles. The first kappa shape index (κ1) is 12.0. The van der Waals surface area contributed by atoms with Crippen molar-refractivity contribution < 1.29 is 19.1 Å². The van der Waals surface area contributed by atoms with Crippen LogP contribution in [0, 0.1) is 0 Å². The monoisotopic (exact) mass is 220 g/mol. The molecule has 0 bridgehead atoms. The quantitative estimate of drug-likeness (QED) is 0.442. The topological polar surface area (TPSA) is 52.6 Å². The van der Waals surface area contributed by atoms with E-state index in [1.54, 1.807) is 30.3 Å². The van der Waals surface area contributed by atoms with Crippen LogP contribution in [-0.2, 0) is 14.3 Å². The Bertz CT molecular complexity index is 406. The van der Waals surface area contributed by atoms with Crippen LogP contribution in [0.25, 0.3) is 0 Å². The summed E-state index contributed by atoms with van der Waals surface area (Å²) in [5.41, 5.74) is 0.380. The standard InChI is InChI=1S/C12H12O4/c1-9(13)11(8-15-2)16-12(14)10-6-4-3-5-7-10/h3-8H,1-2H3/b11-8+. The molecule has 0 amide bonds. The van der Waals surface area contributed by atoms with Crippen molar-refractivity contribution in [1.29, 1.82) is 0 Å². The van der Waals surface area contributed by atoms with Crippen LogP contribution in [0.3, 0.4) is 0 Å². The summed E-state index contributed by atoms with van der Waals surface area (Å²) in [6.45, 7) is 1.29. The Morgan fingerprint density at radius 2 is 1.81 bits per heavy atom. The van der Waals surface area contributed by atoms with E-state index in [1.165, 1.54) is 14.0 Å². The third kappa shape index (κ3) is 3.24. The highest BCUT2D eigenvalue weighted by Gasteiger charge is 2.13. The van der Waals surface area contributed by atoms with Crippen molar-refractivity contribution in [2.24, 2.45) is 0 Å². The van der Waals surface area contributed by atoms with Crippen molar-refractivity contribution in [2.45, 2.75) is 6.92 Å². The van der Waals surface area contributed by atoms with Crippen molar-refractivity contribution in [3.05, 3.63) is 47.9 Å². The second-order valence-electron chi connectivity index (χ2n) is 3.03. The highest BCUT2D eigenvalue weighted by molar-refractivity contribution is 5.97. The third-order valence-corrected chi connectivity index (χ3v) is 1.78. The Morgan fingerprint density at radius 3 is 2.31 bits per heavy atom. The lowest BCUT2D eigenvalue weighted by Crippen LogP contribution is -2.10. The van der Waals surface area contributed by atoms with Crippen LogP contribution in [0.1, 0.15) is 17.3 Å². The van der Waals surface area contributed by atoms with E-state index < -0.39 is 5.97 Å². The minimum absolute atomic E-state index is 0.114. The molecule has 0 aromatic heterocycles. The molecule has 0 radical (unpaired) electrons. The van der Waals surface area contributed by atoms with Gasteiger partial charge in [-0.05, 0) is 12.1 Å². The summed E-state index contributed by atoms with van der Waals surface area (Å²) in [6, 6.07) is 8.42. The van der Waals surface area contributed by atoms with Crippen LogP contribution in [0.15, 0.2) is 42.4 Å².